The molecule has 0 spiro atoms. The first-order valence-electron chi connectivity index (χ1n) is 5.75. The van der Waals surface area contributed by atoms with Gasteiger partial charge in [0.05, 0.1) is 11.5 Å². The Hall–Kier alpha value is -0.500. The van der Waals surface area contributed by atoms with Crippen LogP contribution in [0.3, 0.4) is 0 Å². The van der Waals surface area contributed by atoms with Crippen LogP contribution in [0.2, 0.25) is 0 Å². The molecule has 0 aromatic heterocycles. The van der Waals surface area contributed by atoms with E-state index in [1.165, 1.54) is 25.7 Å². The van der Waals surface area contributed by atoms with Gasteiger partial charge in [-0.05, 0) is 18.9 Å². The van der Waals surface area contributed by atoms with Crippen LogP contribution in [0, 0.1) is 0 Å². The minimum absolute atomic E-state index is 0.0205. The molecule has 1 heterocycles. The van der Waals surface area contributed by atoms with E-state index in [1.807, 2.05) is 6.08 Å². The number of cyclic esters (lactones) is 1. The highest BCUT2D eigenvalue weighted by molar-refractivity contribution is 6.22. The highest BCUT2D eigenvalue weighted by Crippen LogP contribution is 2.19. The van der Waals surface area contributed by atoms with Gasteiger partial charge in [-0.3, -0.25) is 0 Å². The summed E-state index contributed by atoms with van der Waals surface area (Å²) < 4.78 is 5.16. The van der Waals surface area contributed by atoms with Crippen molar-refractivity contribution in [1.29, 1.82) is 0 Å². The van der Waals surface area contributed by atoms with E-state index in [4.69, 9.17) is 16.3 Å². The summed E-state index contributed by atoms with van der Waals surface area (Å²) >= 11 is 5.60. The Morgan fingerprint density at radius 1 is 1.33 bits per heavy atom. The number of carbonyl (C=O) groups is 1. The molecule has 0 aromatic carbocycles. The molecular weight excluding hydrogens is 212 g/mol. The van der Waals surface area contributed by atoms with Crippen LogP contribution >= 0.6 is 11.6 Å². The molecule has 0 bridgehead atoms. The van der Waals surface area contributed by atoms with Gasteiger partial charge in [0, 0.05) is 0 Å². The molecule has 0 saturated carbocycles. The number of ether oxygens (including phenoxy) is 1. The normalized spacial score (nSPS) is 20.3. The van der Waals surface area contributed by atoms with Crippen molar-refractivity contribution in [2.75, 3.05) is 5.88 Å². The second-order valence-electron chi connectivity index (χ2n) is 3.97. The number of hydrogen-bond acceptors (Lipinski definition) is 2. The molecule has 1 atom stereocenters. The summed E-state index contributed by atoms with van der Waals surface area (Å²) in [5, 5.41) is 0. The number of rotatable bonds is 7. The van der Waals surface area contributed by atoms with Crippen molar-refractivity contribution in [2.24, 2.45) is 0 Å². The van der Waals surface area contributed by atoms with Gasteiger partial charge >= 0.3 is 5.97 Å². The van der Waals surface area contributed by atoms with Gasteiger partial charge in [-0.2, -0.15) is 0 Å². The van der Waals surface area contributed by atoms with Gasteiger partial charge in [0.15, 0.2) is 0 Å². The van der Waals surface area contributed by atoms with Gasteiger partial charge in [0.1, 0.15) is 6.10 Å². The average molecular weight is 231 g/mol. The zero-order valence-electron chi connectivity index (χ0n) is 9.30. The third kappa shape index (κ3) is 4.25. The zero-order chi connectivity index (χ0) is 11.1. The Morgan fingerprint density at radius 2 is 2.07 bits per heavy atom. The first-order chi connectivity index (χ1) is 7.27. The van der Waals surface area contributed by atoms with E-state index in [1.54, 1.807) is 0 Å². The van der Waals surface area contributed by atoms with Crippen LogP contribution in [0.1, 0.15) is 45.4 Å². The summed E-state index contributed by atoms with van der Waals surface area (Å²) in [7, 11) is 0. The van der Waals surface area contributed by atoms with Crippen molar-refractivity contribution in [3.05, 3.63) is 11.6 Å². The van der Waals surface area contributed by atoms with E-state index in [0.717, 1.165) is 12.8 Å². The van der Waals surface area contributed by atoms with E-state index < -0.39 is 0 Å². The van der Waals surface area contributed by atoms with Crippen LogP contribution in [0.5, 0.6) is 0 Å². The fourth-order valence-electron chi connectivity index (χ4n) is 1.73. The van der Waals surface area contributed by atoms with Crippen LogP contribution in [0.4, 0.5) is 0 Å². The largest absolute Gasteiger partial charge is 0.455 e. The smallest absolute Gasteiger partial charge is 0.335 e. The molecule has 0 saturated heterocycles. The maximum Gasteiger partial charge on any atom is 0.335 e. The Morgan fingerprint density at radius 3 is 2.67 bits per heavy atom. The van der Waals surface area contributed by atoms with Gasteiger partial charge in [-0.25, -0.2) is 4.79 Å². The standard InChI is InChI=1S/C12H19ClO2/c1-2-3-4-5-6-7-11-8-10(9-13)12(14)15-11/h8,11H,2-7,9H2,1H3. The van der Waals surface area contributed by atoms with Crippen LogP contribution in [-0.4, -0.2) is 18.0 Å². The molecule has 0 amide bonds. The summed E-state index contributed by atoms with van der Waals surface area (Å²) in [6.45, 7) is 2.20. The highest BCUT2D eigenvalue weighted by Gasteiger charge is 2.23. The molecule has 3 heteroatoms. The lowest BCUT2D eigenvalue weighted by Gasteiger charge is -2.07. The van der Waals surface area contributed by atoms with E-state index >= 15 is 0 Å². The van der Waals surface area contributed by atoms with Crippen LogP contribution in [0.25, 0.3) is 0 Å². The average Bonchev–Trinajstić information content (AvgIpc) is 2.59. The number of esters is 1. The summed E-state index contributed by atoms with van der Waals surface area (Å²) in [5.74, 6) is 0.0362. The minimum atomic E-state index is -0.233. The summed E-state index contributed by atoms with van der Waals surface area (Å²) in [4.78, 5) is 11.2. The lowest BCUT2D eigenvalue weighted by molar-refractivity contribution is -0.139. The second kappa shape index (κ2) is 6.89. The summed E-state index contributed by atoms with van der Waals surface area (Å²) in [5.41, 5.74) is 0.621. The highest BCUT2D eigenvalue weighted by atomic mass is 35.5. The van der Waals surface area contributed by atoms with Gasteiger partial charge in [0.2, 0.25) is 0 Å². The van der Waals surface area contributed by atoms with Crippen molar-refractivity contribution < 1.29 is 9.53 Å². The van der Waals surface area contributed by atoms with E-state index in [0.29, 0.717) is 5.57 Å². The number of hydrogen-bond donors (Lipinski definition) is 0. The Bertz CT molecular complexity index is 236. The van der Waals surface area contributed by atoms with Crippen molar-refractivity contribution >= 4 is 17.6 Å². The zero-order valence-corrected chi connectivity index (χ0v) is 10.1. The lowest BCUT2D eigenvalue weighted by atomic mass is 10.1. The Labute approximate surface area is 96.6 Å². The number of unbranched alkanes of at least 4 members (excludes halogenated alkanes) is 4. The molecule has 0 N–H and O–H groups in total. The molecule has 1 aliphatic rings. The molecule has 0 fully saturated rings. The molecule has 0 radical (unpaired) electrons. The predicted octanol–water partition coefficient (Wildman–Crippen LogP) is 3.44. The quantitative estimate of drug-likeness (QED) is 0.381. The molecule has 0 aliphatic carbocycles. The minimum Gasteiger partial charge on any atom is -0.455 e. The maximum atomic E-state index is 11.2. The first-order valence-corrected chi connectivity index (χ1v) is 6.29. The fourth-order valence-corrected chi connectivity index (χ4v) is 1.93. The third-order valence-electron chi connectivity index (χ3n) is 2.64. The van der Waals surface area contributed by atoms with Crippen molar-refractivity contribution in [2.45, 2.75) is 51.6 Å². The van der Waals surface area contributed by atoms with E-state index in [-0.39, 0.29) is 18.0 Å². The molecular formula is C12H19ClO2. The van der Waals surface area contributed by atoms with E-state index in [2.05, 4.69) is 6.92 Å². The molecule has 1 unspecified atom stereocenters. The SMILES string of the molecule is CCCCCCCC1C=C(CCl)C(=O)O1. The predicted molar refractivity (Wildman–Crippen MR) is 62.1 cm³/mol. The lowest BCUT2D eigenvalue weighted by Crippen LogP contribution is -2.08. The van der Waals surface area contributed by atoms with Crippen molar-refractivity contribution in [1.82, 2.24) is 0 Å². The Kier molecular flexibility index (Phi) is 5.77. The first kappa shape index (κ1) is 12.6. The summed E-state index contributed by atoms with van der Waals surface area (Å²) in [6, 6.07) is 0. The molecule has 1 aliphatic heterocycles. The van der Waals surface area contributed by atoms with Crippen molar-refractivity contribution in [3.8, 4) is 0 Å². The number of halogens is 1. The molecule has 86 valence electrons. The molecule has 2 nitrogen and oxygen atoms in total. The third-order valence-corrected chi connectivity index (χ3v) is 2.93. The topological polar surface area (TPSA) is 26.3 Å². The van der Waals surface area contributed by atoms with Gasteiger partial charge in [0.25, 0.3) is 0 Å². The summed E-state index contributed by atoms with van der Waals surface area (Å²) in [6.07, 6.45) is 8.99. The van der Waals surface area contributed by atoms with Gasteiger partial charge < -0.3 is 4.74 Å². The van der Waals surface area contributed by atoms with Crippen LogP contribution in [0.15, 0.2) is 11.6 Å². The monoisotopic (exact) mass is 230 g/mol. The molecule has 15 heavy (non-hydrogen) atoms. The molecule has 0 aromatic rings. The van der Waals surface area contributed by atoms with Crippen LogP contribution in [-0.2, 0) is 9.53 Å². The Balaban J connectivity index is 2.13. The molecule has 1 rings (SSSR count). The maximum absolute atomic E-state index is 11.2. The van der Waals surface area contributed by atoms with Gasteiger partial charge in [-0.15, -0.1) is 11.6 Å². The number of carbonyl (C=O) groups excluding carboxylic acids is 1. The van der Waals surface area contributed by atoms with Crippen molar-refractivity contribution in [3.63, 3.8) is 0 Å². The van der Waals surface area contributed by atoms with E-state index in [9.17, 15) is 4.79 Å². The van der Waals surface area contributed by atoms with Gasteiger partial charge in [-0.1, -0.05) is 32.6 Å². The second-order valence-corrected chi connectivity index (χ2v) is 4.24. The van der Waals surface area contributed by atoms with Crippen LogP contribution < -0.4 is 0 Å². The number of alkyl halides is 1. The fraction of sp³-hybridized carbons (Fsp3) is 0.750.